The monoisotopic (exact) mass is 475 g/mol. The number of rotatable bonds is 2. The fourth-order valence-electron chi connectivity index (χ4n) is 4.11. The number of allylic oxidation sites excluding steroid dienone is 1. The standard InChI is InChI=1S/C25H12F3N3O2S/c26-25(27,28)31-19(29-24-22(31)30-23(34-24)13-6-2-1-3-7-13)12-18-20(32)16-10-14-8-4-5-9-15(14)11-17(16)21(18)33/h1-12H. The van der Waals surface area contributed by atoms with Gasteiger partial charge < -0.3 is 0 Å². The Balaban J connectivity index is 1.50. The molecule has 1 aliphatic rings. The van der Waals surface area contributed by atoms with Crippen molar-refractivity contribution in [3.8, 4) is 10.6 Å². The Hall–Kier alpha value is -4.11. The van der Waals surface area contributed by atoms with Crippen molar-refractivity contribution in [1.82, 2.24) is 14.5 Å². The van der Waals surface area contributed by atoms with Gasteiger partial charge in [-0.05, 0) is 29.0 Å². The summed E-state index contributed by atoms with van der Waals surface area (Å²) in [5.74, 6) is -1.80. The van der Waals surface area contributed by atoms with E-state index in [-0.39, 0.29) is 31.7 Å². The second-order valence-corrected chi connectivity index (χ2v) is 8.73. The van der Waals surface area contributed by atoms with Gasteiger partial charge in [0, 0.05) is 16.7 Å². The molecule has 0 radical (unpaired) electrons. The number of thiazole rings is 1. The summed E-state index contributed by atoms with van der Waals surface area (Å²) in [7, 11) is 0. The normalized spacial score (nSPS) is 13.8. The number of imidazole rings is 1. The molecule has 5 nitrogen and oxygen atoms in total. The van der Waals surface area contributed by atoms with Crippen molar-refractivity contribution in [1.29, 1.82) is 0 Å². The number of fused-ring (bicyclic) bond motifs is 3. The lowest BCUT2D eigenvalue weighted by Crippen LogP contribution is -2.19. The molecule has 0 atom stereocenters. The number of ketones is 2. The van der Waals surface area contributed by atoms with Gasteiger partial charge in [-0.15, -0.1) is 13.2 Å². The van der Waals surface area contributed by atoms with Gasteiger partial charge in [0.1, 0.15) is 10.8 Å². The van der Waals surface area contributed by atoms with Crippen molar-refractivity contribution in [2.75, 3.05) is 0 Å². The fraction of sp³-hybridized carbons (Fsp3) is 0.0400. The van der Waals surface area contributed by atoms with E-state index in [1.165, 1.54) is 0 Å². The lowest BCUT2D eigenvalue weighted by molar-refractivity contribution is -0.201. The molecule has 9 heteroatoms. The molecule has 2 aromatic heterocycles. The van der Waals surface area contributed by atoms with Crippen LogP contribution in [0.4, 0.5) is 13.2 Å². The molecule has 0 amide bonds. The minimum absolute atomic E-state index is 0.0122. The minimum Gasteiger partial charge on any atom is -0.288 e. The molecular weight excluding hydrogens is 463 g/mol. The van der Waals surface area contributed by atoms with Gasteiger partial charge in [-0.3, -0.25) is 9.59 Å². The van der Waals surface area contributed by atoms with Gasteiger partial charge >= 0.3 is 6.30 Å². The van der Waals surface area contributed by atoms with Crippen molar-refractivity contribution in [2.45, 2.75) is 6.30 Å². The highest BCUT2D eigenvalue weighted by Gasteiger charge is 2.39. The van der Waals surface area contributed by atoms with Crippen LogP contribution in [-0.4, -0.2) is 26.1 Å². The van der Waals surface area contributed by atoms with E-state index in [1.807, 2.05) is 0 Å². The first-order valence-electron chi connectivity index (χ1n) is 10.2. The zero-order valence-electron chi connectivity index (χ0n) is 17.1. The van der Waals surface area contributed by atoms with Crippen molar-refractivity contribution in [3.63, 3.8) is 0 Å². The summed E-state index contributed by atoms with van der Waals surface area (Å²) >= 11 is 1.01. The molecule has 0 N–H and O–H groups in total. The summed E-state index contributed by atoms with van der Waals surface area (Å²) in [6.45, 7) is 0. The number of carbonyl (C=O) groups is 2. The second kappa shape index (κ2) is 7.19. The molecule has 2 heterocycles. The first kappa shape index (κ1) is 20.5. The Kier molecular flexibility index (Phi) is 4.34. The Bertz CT molecular complexity index is 1620. The molecule has 0 spiro atoms. The van der Waals surface area contributed by atoms with E-state index >= 15 is 0 Å². The molecule has 0 saturated carbocycles. The summed E-state index contributed by atoms with van der Waals surface area (Å²) in [5.41, 5.74) is 0.293. The predicted octanol–water partition coefficient (Wildman–Crippen LogP) is 6.25. The average Bonchev–Trinajstić information content (AvgIpc) is 3.44. The van der Waals surface area contributed by atoms with Crippen LogP contribution in [0, 0.1) is 0 Å². The van der Waals surface area contributed by atoms with Crippen LogP contribution in [0.15, 0.2) is 72.3 Å². The second-order valence-electron chi connectivity index (χ2n) is 7.75. The molecule has 6 rings (SSSR count). The third kappa shape index (κ3) is 3.08. The molecule has 1 aliphatic carbocycles. The number of Topliss-reactive ketones (excluding diaryl/α,β-unsaturated/α-hetero) is 2. The number of hydrogen-bond acceptors (Lipinski definition) is 5. The molecule has 0 unspecified atom stereocenters. The van der Waals surface area contributed by atoms with E-state index in [4.69, 9.17) is 0 Å². The van der Waals surface area contributed by atoms with Gasteiger partial charge in [0.15, 0.2) is 22.0 Å². The van der Waals surface area contributed by atoms with E-state index < -0.39 is 23.7 Å². The number of hydrogen-bond donors (Lipinski definition) is 0. The van der Waals surface area contributed by atoms with E-state index in [9.17, 15) is 22.8 Å². The first-order chi connectivity index (χ1) is 16.3. The molecular formula is C25H12F3N3O2S. The number of aromatic nitrogens is 3. The Morgan fingerprint density at radius 3 is 2.00 bits per heavy atom. The lowest BCUT2D eigenvalue weighted by Gasteiger charge is -2.09. The predicted molar refractivity (Wildman–Crippen MR) is 123 cm³/mol. The highest BCUT2D eigenvalue weighted by Crippen LogP contribution is 2.37. The number of alkyl halides is 3. The van der Waals surface area contributed by atoms with Crippen molar-refractivity contribution >= 4 is 50.2 Å². The zero-order valence-corrected chi connectivity index (χ0v) is 17.9. The van der Waals surface area contributed by atoms with E-state index in [2.05, 4.69) is 9.97 Å². The van der Waals surface area contributed by atoms with Gasteiger partial charge in [0.2, 0.25) is 0 Å². The number of nitrogens with zero attached hydrogens (tertiary/aromatic N) is 3. The molecule has 0 saturated heterocycles. The summed E-state index contributed by atoms with van der Waals surface area (Å²) < 4.78 is 42.1. The lowest BCUT2D eigenvalue weighted by atomic mass is 10.0. The number of benzene rings is 3. The maximum absolute atomic E-state index is 14.0. The molecule has 5 aromatic rings. The van der Waals surface area contributed by atoms with Gasteiger partial charge in [-0.1, -0.05) is 65.9 Å². The van der Waals surface area contributed by atoms with Crippen molar-refractivity contribution in [3.05, 3.63) is 89.3 Å². The Labute approximate surface area is 193 Å². The highest BCUT2D eigenvalue weighted by molar-refractivity contribution is 7.21. The molecule has 0 fully saturated rings. The van der Waals surface area contributed by atoms with Gasteiger partial charge in [-0.25, -0.2) is 14.5 Å². The third-order valence-corrected chi connectivity index (χ3v) is 6.65. The quantitative estimate of drug-likeness (QED) is 0.224. The van der Waals surface area contributed by atoms with E-state index in [0.29, 0.717) is 10.6 Å². The summed E-state index contributed by atoms with van der Waals surface area (Å²) in [4.78, 5) is 34.3. The van der Waals surface area contributed by atoms with Crippen LogP contribution in [0.25, 0.3) is 37.9 Å². The third-order valence-electron chi connectivity index (χ3n) is 5.66. The Morgan fingerprint density at radius 2 is 1.41 bits per heavy atom. The van der Waals surface area contributed by atoms with Gasteiger partial charge in [0.05, 0.1) is 5.57 Å². The topological polar surface area (TPSA) is 64.8 Å². The molecule has 166 valence electrons. The molecule has 34 heavy (non-hydrogen) atoms. The summed E-state index contributed by atoms with van der Waals surface area (Å²) in [6.07, 6.45) is -3.94. The maximum atomic E-state index is 14.0. The van der Waals surface area contributed by atoms with Crippen LogP contribution >= 0.6 is 11.3 Å². The smallest absolute Gasteiger partial charge is 0.288 e. The van der Waals surface area contributed by atoms with Crippen LogP contribution < -0.4 is 0 Å². The molecule has 0 bridgehead atoms. The van der Waals surface area contributed by atoms with E-state index in [0.717, 1.165) is 28.2 Å². The molecule has 0 aliphatic heterocycles. The van der Waals surface area contributed by atoms with Crippen molar-refractivity contribution < 1.29 is 22.8 Å². The fourth-order valence-corrected chi connectivity index (χ4v) is 5.04. The van der Waals surface area contributed by atoms with E-state index in [1.54, 1.807) is 66.7 Å². The average molecular weight is 475 g/mol. The first-order valence-corrected chi connectivity index (χ1v) is 11.0. The van der Waals surface area contributed by atoms with Crippen LogP contribution in [0.5, 0.6) is 0 Å². The van der Waals surface area contributed by atoms with Crippen LogP contribution in [0.3, 0.4) is 0 Å². The zero-order chi connectivity index (χ0) is 23.6. The maximum Gasteiger partial charge on any atom is 0.491 e. The number of halogens is 3. The van der Waals surface area contributed by atoms with Crippen molar-refractivity contribution in [2.24, 2.45) is 0 Å². The van der Waals surface area contributed by atoms with Gasteiger partial charge in [0.25, 0.3) is 0 Å². The minimum atomic E-state index is -4.85. The van der Waals surface area contributed by atoms with Crippen LogP contribution in [0.2, 0.25) is 0 Å². The van der Waals surface area contributed by atoms with Gasteiger partial charge in [-0.2, -0.15) is 0 Å². The highest BCUT2D eigenvalue weighted by atomic mass is 32.1. The van der Waals surface area contributed by atoms with Crippen LogP contribution in [-0.2, 0) is 6.30 Å². The SMILES string of the molecule is O=C1C(=Cc2nc3sc(-c4ccccc4)nc3n2C(F)(F)F)C(=O)c2cc3ccccc3cc21. The summed E-state index contributed by atoms with van der Waals surface area (Å²) in [6, 6.07) is 19.2. The van der Waals surface area contributed by atoms with Crippen LogP contribution in [0.1, 0.15) is 26.5 Å². The molecule has 3 aromatic carbocycles. The number of carbonyl (C=O) groups excluding carboxylic acids is 2. The Morgan fingerprint density at radius 1 is 0.824 bits per heavy atom. The largest absolute Gasteiger partial charge is 0.491 e. The summed E-state index contributed by atoms with van der Waals surface area (Å²) in [5, 5.41) is 1.92.